The third kappa shape index (κ3) is 2.21. The van der Waals surface area contributed by atoms with Crippen molar-refractivity contribution >= 4 is 5.97 Å². The van der Waals surface area contributed by atoms with E-state index >= 15 is 0 Å². The van der Waals surface area contributed by atoms with Gasteiger partial charge in [0.25, 0.3) is 0 Å². The maximum absolute atomic E-state index is 10.7. The molecule has 1 fully saturated rings. The van der Waals surface area contributed by atoms with E-state index in [1.165, 1.54) is 0 Å². The summed E-state index contributed by atoms with van der Waals surface area (Å²) < 4.78 is 0. The van der Waals surface area contributed by atoms with Crippen LogP contribution in [-0.4, -0.2) is 23.2 Å². The summed E-state index contributed by atoms with van der Waals surface area (Å²) in [4.78, 5) is 10.7. The lowest BCUT2D eigenvalue weighted by Gasteiger charge is -2.31. The Hall–Kier alpha value is -0.570. The maximum atomic E-state index is 10.7. The molecule has 1 aliphatic rings. The third-order valence-electron chi connectivity index (χ3n) is 2.53. The van der Waals surface area contributed by atoms with Crippen LogP contribution < -0.4 is 5.32 Å². The number of carboxylic acids is 1. The molecule has 1 heterocycles. The fourth-order valence-corrected chi connectivity index (χ4v) is 1.69. The Bertz CT molecular complexity index is 168. The van der Waals surface area contributed by atoms with E-state index in [4.69, 9.17) is 5.11 Å². The standard InChI is InChI=1S/C9H17NO2/c1-6(2)7-4-3-5-8(10-7)9(11)12/h6-8,10H,3-5H2,1-2H3,(H,11,12)/t7-,8+/m1/s1. The molecule has 1 saturated heterocycles. The summed E-state index contributed by atoms with van der Waals surface area (Å²) in [5.74, 6) is -0.174. The van der Waals surface area contributed by atoms with Gasteiger partial charge in [0, 0.05) is 6.04 Å². The SMILES string of the molecule is CC(C)[C@H]1CCC[C@@H](C(=O)O)N1. The largest absolute Gasteiger partial charge is 0.480 e. The van der Waals surface area contributed by atoms with E-state index in [-0.39, 0.29) is 6.04 Å². The molecule has 12 heavy (non-hydrogen) atoms. The molecule has 0 unspecified atom stereocenters. The Morgan fingerprint density at radius 3 is 2.67 bits per heavy atom. The van der Waals surface area contributed by atoms with Crippen molar-refractivity contribution in [3.05, 3.63) is 0 Å². The second-order valence-electron chi connectivity index (χ2n) is 3.84. The van der Waals surface area contributed by atoms with Gasteiger partial charge in [0.1, 0.15) is 6.04 Å². The monoisotopic (exact) mass is 171 g/mol. The molecule has 0 bridgehead atoms. The first-order valence-corrected chi connectivity index (χ1v) is 4.60. The Labute approximate surface area is 73.2 Å². The molecule has 2 N–H and O–H groups in total. The number of nitrogens with one attached hydrogen (secondary N) is 1. The van der Waals surface area contributed by atoms with E-state index in [9.17, 15) is 4.79 Å². The summed E-state index contributed by atoms with van der Waals surface area (Å²) in [5.41, 5.74) is 0. The second kappa shape index (κ2) is 3.90. The van der Waals surface area contributed by atoms with Crippen molar-refractivity contribution in [2.24, 2.45) is 5.92 Å². The molecule has 0 aliphatic carbocycles. The van der Waals surface area contributed by atoms with Crippen LogP contribution in [0, 0.1) is 5.92 Å². The Morgan fingerprint density at radius 2 is 2.17 bits per heavy atom. The third-order valence-corrected chi connectivity index (χ3v) is 2.53. The zero-order chi connectivity index (χ0) is 9.14. The number of aliphatic carboxylic acids is 1. The molecule has 0 aromatic rings. The van der Waals surface area contributed by atoms with Crippen molar-refractivity contribution in [3.63, 3.8) is 0 Å². The van der Waals surface area contributed by atoms with Crippen LogP contribution in [0.5, 0.6) is 0 Å². The van der Waals surface area contributed by atoms with E-state index in [0.717, 1.165) is 19.3 Å². The summed E-state index contributed by atoms with van der Waals surface area (Å²) in [5, 5.41) is 11.9. The summed E-state index contributed by atoms with van der Waals surface area (Å²) in [6.07, 6.45) is 2.92. The molecular formula is C9H17NO2. The van der Waals surface area contributed by atoms with E-state index in [2.05, 4.69) is 19.2 Å². The minimum atomic E-state index is -0.708. The van der Waals surface area contributed by atoms with Gasteiger partial charge in [-0.2, -0.15) is 0 Å². The first-order valence-electron chi connectivity index (χ1n) is 4.60. The maximum Gasteiger partial charge on any atom is 0.320 e. The van der Waals surface area contributed by atoms with Crippen molar-refractivity contribution in [1.29, 1.82) is 0 Å². The normalized spacial score (nSPS) is 30.6. The molecule has 70 valence electrons. The molecule has 0 radical (unpaired) electrons. The highest BCUT2D eigenvalue weighted by atomic mass is 16.4. The predicted octanol–water partition coefficient (Wildman–Crippen LogP) is 1.24. The highest BCUT2D eigenvalue weighted by Gasteiger charge is 2.27. The van der Waals surface area contributed by atoms with Crippen LogP contribution in [0.4, 0.5) is 0 Å². The first-order chi connectivity index (χ1) is 5.61. The Balaban J connectivity index is 2.46. The zero-order valence-corrected chi connectivity index (χ0v) is 7.71. The Morgan fingerprint density at radius 1 is 1.50 bits per heavy atom. The van der Waals surface area contributed by atoms with Crippen LogP contribution in [0.3, 0.4) is 0 Å². The van der Waals surface area contributed by atoms with E-state index in [1.54, 1.807) is 0 Å². The quantitative estimate of drug-likeness (QED) is 0.657. The molecule has 1 rings (SSSR count). The summed E-state index contributed by atoms with van der Waals surface area (Å²) in [7, 11) is 0. The van der Waals surface area contributed by atoms with Gasteiger partial charge in [-0.05, 0) is 25.2 Å². The minimum absolute atomic E-state index is 0.314. The van der Waals surface area contributed by atoms with Gasteiger partial charge in [0.2, 0.25) is 0 Å². The second-order valence-corrected chi connectivity index (χ2v) is 3.84. The first kappa shape index (κ1) is 9.52. The van der Waals surface area contributed by atoms with E-state index in [1.807, 2.05) is 0 Å². The fraction of sp³-hybridized carbons (Fsp3) is 0.889. The van der Waals surface area contributed by atoms with Gasteiger partial charge in [0.05, 0.1) is 0 Å². The van der Waals surface area contributed by atoms with Gasteiger partial charge in [-0.15, -0.1) is 0 Å². The molecule has 0 aromatic heterocycles. The van der Waals surface area contributed by atoms with E-state index in [0.29, 0.717) is 12.0 Å². The average Bonchev–Trinajstić information content (AvgIpc) is 2.04. The van der Waals surface area contributed by atoms with Crippen molar-refractivity contribution in [1.82, 2.24) is 5.32 Å². The molecule has 3 nitrogen and oxygen atoms in total. The molecule has 3 heteroatoms. The number of hydrogen-bond acceptors (Lipinski definition) is 2. The van der Waals surface area contributed by atoms with Gasteiger partial charge >= 0.3 is 5.97 Å². The molecule has 2 atom stereocenters. The van der Waals surface area contributed by atoms with Crippen molar-refractivity contribution in [3.8, 4) is 0 Å². The van der Waals surface area contributed by atoms with Gasteiger partial charge in [-0.25, -0.2) is 0 Å². The van der Waals surface area contributed by atoms with Crippen LogP contribution in [0.25, 0.3) is 0 Å². The predicted molar refractivity (Wildman–Crippen MR) is 47.0 cm³/mol. The lowest BCUT2D eigenvalue weighted by molar-refractivity contribution is -0.140. The van der Waals surface area contributed by atoms with Crippen LogP contribution in [0.15, 0.2) is 0 Å². The van der Waals surface area contributed by atoms with Gasteiger partial charge in [-0.3, -0.25) is 4.79 Å². The topological polar surface area (TPSA) is 49.3 Å². The molecule has 0 spiro atoms. The molecule has 0 amide bonds. The van der Waals surface area contributed by atoms with Crippen molar-refractivity contribution < 1.29 is 9.90 Å². The fourth-order valence-electron chi connectivity index (χ4n) is 1.69. The summed E-state index contributed by atoms with van der Waals surface area (Å²) in [6.45, 7) is 4.25. The molecule has 1 aliphatic heterocycles. The molecule has 0 aromatic carbocycles. The zero-order valence-electron chi connectivity index (χ0n) is 7.71. The van der Waals surface area contributed by atoms with Crippen LogP contribution in [0.1, 0.15) is 33.1 Å². The lowest BCUT2D eigenvalue weighted by Crippen LogP contribution is -2.48. The van der Waals surface area contributed by atoms with Gasteiger partial charge < -0.3 is 10.4 Å². The number of carbonyl (C=O) groups is 1. The van der Waals surface area contributed by atoms with E-state index < -0.39 is 5.97 Å². The number of piperidine rings is 1. The van der Waals surface area contributed by atoms with Crippen LogP contribution in [0.2, 0.25) is 0 Å². The van der Waals surface area contributed by atoms with Crippen molar-refractivity contribution in [2.45, 2.75) is 45.2 Å². The molecular weight excluding hydrogens is 154 g/mol. The van der Waals surface area contributed by atoms with Gasteiger partial charge in [0.15, 0.2) is 0 Å². The number of hydrogen-bond donors (Lipinski definition) is 2. The highest BCUT2D eigenvalue weighted by Crippen LogP contribution is 2.18. The summed E-state index contributed by atoms with van der Waals surface area (Å²) in [6, 6.07) is 0.0750. The van der Waals surface area contributed by atoms with Crippen molar-refractivity contribution in [2.75, 3.05) is 0 Å². The molecule has 0 saturated carbocycles. The minimum Gasteiger partial charge on any atom is -0.480 e. The highest BCUT2D eigenvalue weighted by molar-refractivity contribution is 5.73. The average molecular weight is 171 g/mol. The van der Waals surface area contributed by atoms with Crippen LogP contribution >= 0.6 is 0 Å². The number of rotatable bonds is 2. The van der Waals surface area contributed by atoms with Gasteiger partial charge in [-0.1, -0.05) is 13.8 Å². The number of carboxylic acid groups (broad SMARTS) is 1. The summed E-state index contributed by atoms with van der Waals surface area (Å²) >= 11 is 0. The van der Waals surface area contributed by atoms with Crippen LogP contribution in [-0.2, 0) is 4.79 Å². The lowest BCUT2D eigenvalue weighted by atomic mass is 9.91. The smallest absolute Gasteiger partial charge is 0.320 e. The Kier molecular flexibility index (Phi) is 3.09.